The highest BCUT2D eigenvalue weighted by Gasteiger charge is 2.19. The number of nitrogens with zero attached hydrogens (tertiary/aromatic N) is 1. The standard InChI is InChI=1S/C16H27N3O2/c1-3-19(11-14-6-8-17-9-7-14)12-16(20)18-13(2)15-5-4-10-21-15/h4-5,10,13-14,17H,3,6-9,11-12H2,1-2H3,(H,18,20). The second-order valence-corrected chi connectivity index (χ2v) is 5.83. The second-order valence-electron chi connectivity index (χ2n) is 5.83. The molecule has 1 aliphatic heterocycles. The van der Waals surface area contributed by atoms with E-state index in [1.807, 2.05) is 19.1 Å². The summed E-state index contributed by atoms with van der Waals surface area (Å²) in [5, 5.41) is 6.38. The molecule has 1 saturated heterocycles. The lowest BCUT2D eigenvalue weighted by atomic mass is 9.97. The topological polar surface area (TPSA) is 57.5 Å². The molecule has 2 rings (SSSR count). The number of carbonyl (C=O) groups is 1. The molecule has 21 heavy (non-hydrogen) atoms. The van der Waals surface area contributed by atoms with Gasteiger partial charge in [-0.1, -0.05) is 6.92 Å². The highest BCUT2D eigenvalue weighted by atomic mass is 16.3. The molecule has 1 amide bonds. The normalized spacial score (nSPS) is 17.9. The fraction of sp³-hybridized carbons (Fsp3) is 0.688. The average molecular weight is 293 g/mol. The van der Waals surface area contributed by atoms with Crippen LogP contribution in [0, 0.1) is 5.92 Å². The molecule has 0 aliphatic carbocycles. The molecule has 0 saturated carbocycles. The second kappa shape index (κ2) is 8.20. The van der Waals surface area contributed by atoms with Gasteiger partial charge in [-0.3, -0.25) is 9.69 Å². The van der Waals surface area contributed by atoms with Crippen LogP contribution < -0.4 is 10.6 Å². The van der Waals surface area contributed by atoms with Crippen molar-refractivity contribution in [1.29, 1.82) is 0 Å². The van der Waals surface area contributed by atoms with Crippen LogP contribution in [0.15, 0.2) is 22.8 Å². The van der Waals surface area contributed by atoms with Gasteiger partial charge in [0, 0.05) is 6.54 Å². The van der Waals surface area contributed by atoms with E-state index in [0.717, 1.165) is 31.9 Å². The molecule has 1 atom stereocenters. The number of amides is 1. The van der Waals surface area contributed by atoms with Crippen LogP contribution >= 0.6 is 0 Å². The number of piperidine rings is 1. The Labute approximate surface area is 127 Å². The van der Waals surface area contributed by atoms with Crippen LogP contribution in [0.1, 0.15) is 38.5 Å². The first-order chi connectivity index (χ1) is 10.2. The highest BCUT2D eigenvalue weighted by molar-refractivity contribution is 5.78. The van der Waals surface area contributed by atoms with E-state index in [1.54, 1.807) is 6.26 Å². The van der Waals surface area contributed by atoms with Gasteiger partial charge < -0.3 is 15.1 Å². The zero-order valence-electron chi connectivity index (χ0n) is 13.1. The Kier molecular flexibility index (Phi) is 6.26. The molecule has 1 aliphatic rings. The van der Waals surface area contributed by atoms with Crippen LogP contribution in [0.2, 0.25) is 0 Å². The summed E-state index contributed by atoms with van der Waals surface area (Å²) >= 11 is 0. The van der Waals surface area contributed by atoms with Gasteiger partial charge in [-0.25, -0.2) is 0 Å². The molecule has 0 spiro atoms. The van der Waals surface area contributed by atoms with Crippen molar-refractivity contribution in [2.24, 2.45) is 5.92 Å². The predicted octanol–water partition coefficient (Wildman–Crippen LogP) is 1.78. The first-order valence-corrected chi connectivity index (χ1v) is 7.95. The lowest BCUT2D eigenvalue weighted by Crippen LogP contribution is -2.42. The first-order valence-electron chi connectivity index (χ1n) is 7.95. The third kappa shape index (κ3) is 5.17. The van der Waals surface area contributed by atoms with Crippen LogP contribution in [0.25, 0.3) is 0 Å². The lowest BCUT2D eigenvalue weighted by molar-refractivity contribution is -0.123. The van der Waals surface area contributed by atoms with Gasteiger partial charge in [-0.15, -0.1) is 0 Å². The fourth-order valence-corrected chi connectivity index (χ4v) is 2.83. The molecule has 0 bridgehead atoms. The van der Waals surface area contributed by atoms with E-state index in [4.69, 9.17) is 4.42 Å². The van der Waals surface area contributed by atoms with Crippen LogP contribution in [0.3, 0.4) is 0 Å². The maximum atomic E-state index is 12.2. The Balaban J connectivity index is 1.76. The number of rotatable bonds is 7. The molecular formula is C16H27N3O2. The van der Waals surface area contributed by atoms with Gasteiger partial charge in [-0.05, 0) is 57.5 Å². The molecule has 1 fully saturated rings. The van der Waals surface area contributed by atoms with E-state index >= 15 is 0 Å². The van der Waals surface area contributed by atoms with Crippen LogP contribution in [0.4, 0.5) is 0 Å². The monoisotopic (exact) mass is 293 g/mol. The maximum absolute atomic E-state index is 12.2. The van der Waals surface area contributed by atoms with E-state index in [2.05, 4.69) is 22.5 Å². The largest absolute Gasteiger partial charge is 0.467 e. The van der Waals surface area contributed by atoms with Crippen molar-refractivity contribution in [2.75, 3.05) is 32.7 Å². The molecule has 5 heteroatoms. The van der Waals surface area contributed by atoms with E-state index < -0.39 is 0 Å². The number of hydrogen-bond acceptors (Lipinski definition) is 4. The smallest absolute Gasteiger partial charge is 0.234 e. The number of hydrogen-bond donors (Lipinski definition) is 2. The minimum atomic E-state index is -0.0786. The van der Waals surface area contributed by atoms with Gasteiger partial charge in [0.15, 0.2) is 0 Å². The molecule has 118 valence electrons. The van der Waals surface area contributed by atoms with Crippen molar-refractivity contribution in [2.45, 2.75) is 32.7 Å². The van der Waals surface area contributed by atoms with Crippen molar-refractivity contribution >= 4 is 5.91 Å². The molecule has 1 aromatic rings. The van der Waals surface area contributed by atoms with Crippen molar-refractivity contribution < 1.29 is 9.21 Å². The van der Waals surface area contributed by atoms with Gasteiger partial charge in [0.25, 0.3) is 0 Å². The molecule has 1 unspecified atom stereocenters. The Morgan fingerprint density at radius 1 is 1.52 bits per heavy atom. The molecule has 1 aromatic heterocycles. The maximum Gasteiger partial charge on any atom is 0.234 e. The average Bonchev–Trinajstić information content (AvgIpc) is 3.02. The summed E-state index contributed by atoms with van der Waals surface area (Å²) in [5.41, 5.74) is 0. The summed E-state index contributed by atoms with van der Waals surface area (Å²) < 4.78 is 5.31. The molecule has 0 aromatic carbocycles. The van der Waals surface area contributed by atoms with Crippen LogP contribution in [0.5, 0.6) is 0 Å². The Hall–Kier alpha value is -1.33. The number of likely N-dealkylation sites (N-methyl/N-ethyl adjacent to an activating group) is 1. The minimum absolute atomic E-state index is 0.0645. The summed E-state index contributed by atoms with van der Waals surface area (Å²) in [5.74, 6) is 1.57. The summed E-state index contributed by atoms with van der Waals surface area (Å²) in [6.07, 6.45) is 4.05. The fourth-order valence-electron chi connectivity index (χ4n) is 2.83. The van der Waals surface area contributed by atoms with Gasteiger partial charge in [0.05, 0.1) is 18.8 Å². The minimum Gasteiger partial charge on any atom is -0.467 e. The Bertz CT molecular complexity index is 413. The van der Waals surface area contributed by atoms with Crippen LogP contribution in [-0.4, -0.2) is 43.5 Å². The molecular weight excluding hydrogens is 266 g/mol. The highest BCUT2D eigenvalue weighted by Crippen LogP contribution is 2.14. The zero-order chi connectivity index (χ0) is 15.1. The third-order valence-corrected chi connectivity index (χ3v) is 4.14. The van der Waals surface area contributed by atoms with E-state index in [0.29, 0.717) is 12.5 Å². The van der Waals surface area contributed by atoms with Crippen molar-refractivity contribution in [3.63, 3.8) is 0 Å². The van der Waals surface area contributed by atoms with E-state index in [-0.39, 0.29) is 11.9 Å². The van der Waals surface area contributed by atoms with Crippen molar-refractivity contribution in [3.8, 4) is 0 Å². The Morgan fingerprint density at radius 2 is 2.29 bits per heavy atom. The van der Waals surface area contributed by atoms with E-state index in [9.17, 15) is 4.79 Å². The van der Waals surface area contributed by atoms with E-state index in [1.165, 1.54) is 12.8 Å². The number of nitrogens with one attached hydrogen (secondary N) is 2. The van der Waals surface area contributed by atoms with Gasteiger partial charge in [0.1, 0.15) is 5.76 Å². The van der Waals surface area contributed by atoms with Crippen molar-refractivity contribution in [1.82, 2.24) is 15.5 Å². The number of furan rings is 1. The third-order valence-electron chi connectivity index (χ3n) is 4.14. The summed E-state index contributed by atoms with van der Waals surface area (Å²) in [6.45, 7) is 8.65. The lowest BCUT2D eigenvalue weighted by Gasteiger charge is -2.29. The number of carbonyl (C=O) groups excluding carboxylic acids is 1. The molecule has 2 N–H and O–H groups in total. The van der Waals surface area contributed by atoms with Gasteiger partial charge >= 0.3 is 0 Å². The summed E-state index contributed by atoms with van der Waals surface area (Å²) in [6, 6.07) is 3.65. The predicted molar refractivity (Wildman–Crippen MR) is 83.0 cm³/mol. The van der Waals surface area contributed by atoms with Crippen LogP contribution in [-0.2, 0) is 4.79 Å². The molecule has 5 nitrogen and oxygen atoms in total. The molecule has 0 radical (unpaired) electrons. The SMILES string of the molecule is CCN(CC(=O)NC(C)c1ccco1)CC1CCNCC1. The quantitative estimate of drug-likeness (QED) is 0.804. The Morgan fingerprint density at radius 3 is 2.90 bits per heavy atom. The summed E-state index contributed by atoms with van der Waals surface area (Å²) in [4.78, 5) is 14.4. The molecule has 2 heterocycles. The zero-order valence-corrected chi connectivity index (χ0v) is 13.1. The van der Waals surface area contributed by atoms with Crippen molar-refractivity contribution in [3.05, 3.63) is 24.2 Å². The first kappa shape index (κ1) is 16.0. The van der Waals surface area contributed by atoms with Gasteiger partial charge in [-0.2, -0.15) is 0 Å². The summed E-state index contributed by atoms with van der Waals surface area (Å²) in [7, 11) is 0. The van der Waals surface area contributed by atoms with Gasteiger partial charge in [0.2, 0.25) is 5.91 Å².